The third-order valence-electron chi connectivity index (χ3n) is 4.05. The number of hydrazine groups is 1. The lowest BCUT2D eigenvalue weighted by atomic mass is 10.1. The topological polar surface area (TPSA) is 133 Å². The molecule has 2 aromatic rings. The quantitative estimate of drug-likeness (QED) is 0.393. The normalized spacial score (nSPS) is 12.4. The second kappa shape index (κ2) is 10.1. The van der Waals surface area contributed by atoms with E-state index in [9.17, 15) is 19.2 Å². The molecule has 0 aliphatic carbocycles. The van der Waals surface area contributed by atoms with Gasteiger partial charge in [-0.25, -0.2) is 0 Å². The molecule has 3 rings (SSSR count). The van der Waals surface area contributed by atoms with Crippen LogP contribution in [0.2, 0.25) is 0 Å². The molecule has 1 aromatic carbocycles. The number of amides is 2. The molecule has 0 saturated carbocycles. The summed E-state index contributed by atoms with van der Waals surface area (Å²) in [6, 6.07) is 7.79. The summed E-state index contributed by atoms with van der Waals surface area (Å²) in [6.45, 7) is 0.447. The van der Waals surface area contributed by atoms with Crippen molar-refractivity contribution < 1.29 is 37.8 Å². The van der Waals surface area contributed by atoms with E-state index < -0.39 is 24.4 Å². The van der Waals surface area contributed by atoms with Crippen molar-refractivity contribution in [2.75, 3.05) is 19.8 Å². The van der Waals surface area contributed by atoms with Crippen molar-refractivity contribution in [1.82, 2.24) is 10.9 Å². The highest BCUT2D eigenvalue weighted by molar-refractivity contribution is 5.98. The molecule has 158 valence electrons. The van der Waals surface area contributed by atoms with Gasteiger partial charge < -0.3 is 18.6 Å². The molecular formula is C20H20N2O8. The average molecular weight is 416 g/mol. The van der Waals surface area contributed by atoms with Gasteiger partial charge in [0.05, 0.1) is 25.9 Å². The lowest BCUT2D eigenvalue weighted by Crippen LogP contribution is -2.43. The fraction of sp³-hybridized carbons (Fsp3) is 0.300. The second-order valence-electron chi connectivity index (χ2n) is 6.28. The van der Waals surface area contributed by atoms with Crippen LogP contribution in [0.15, 0.2) is 41.0 Å². The molecule has 1 aromatic heterocycles. The van der Waals surface area contributed by atoms with Gasteiger partial charge in [0.25, 0.3) is 5.91 Å². The van der Waals surface area contributed by atoms with Crippen LogP contribution in [-0.2, 0) is 14.3 Å². The Morgan fingerprint density at radius 1 is 0.967 bits per heavy atom. The number of fused-ring (bicyclic) bond motifs is 1. The number of nitrogens with one attached hydrogen (secondary N) is 2. The van der Waals surface area contributed by atoms with Crippen molar-refractivity contribution in [3.63, 3.8) is 0 Å². The summed E-state index contributed by atoms with van der Waals surface area (Å²) >= 11 is 0. The molecule has 2 N–H and O–H groups in total. The largest absolute Gasteiger partial charge is 0.490 e. The van der Waals surface area contributed by atoms with E-state index in [4.69, 9.17) is 18.6 Å². The first kappa shape index (κ1) is 20.9. The highest BCUT2D eigenvalue weighted by atomic mass is 16.5. The average Bonchev–Trinajstić information content (AvgIpc) is 3.19. The van der Waals surface area contributed by atoms with E-state index in [0.29, 0.717) is 30.3 Å². The Morgan fingerprint density at radius 2 is 1.77 bits per heavy atom. The van der Waals surface area contributed by atoms with Crippen molar-refractivity contribution in [3.8, 4) is 11.5 Å². The number of Topliss-reactive ketones (excluding diaryl/α,β-unsaturated/α-hetero) is 1. The van der Waals surface area contributed by atoms with Crippen LogP contribution >= 0.6 is 0 Å². The van der Waals surface area contributed by atoms with Crippen molar-refractivity contribution in [1.29, 1.82) is 0 Å². The zero-order valence-electron chi connectivity index (χ0n) is 16.0. The fourth-order valence-corrected chi connectivity index (χ4v) is 2.55. The molecular weight excluding hydrogens is 396 g/mol. The molecule has 1 aliphatic rings. The van der Waals surface area contributed by atoms with Crippen LogP contribution in [0.4, 0.5) is 0 Å². The van der Waals surface area contributed by atoms with E-state index >= 15 is 0 Å². The minimum Gasteiger partial charge on any atom is -0.490 e. The lowest BCUT2D eigenvalue weighted by molar-refractivity contribution is -0.148. The SMILES string of the molecule is O=C(COC(=O)CCC(=O)c1ccc2c(c1)OCCCO2)NNC(=O)c1ccco1. The summed E-state index contributed by atoms with van der Waals surface area (Å²) in [5.74, 6) is -1.29. The van der Waals surface area contributed by atoms with Crippen molar-refractivity contribution in [3.05, 3.63) is 47.9 Å². The molecule has 0 saturated heterocycles. The van der Waals surface area contributed by atoms with Crippen LogP contribution in [-0.4, -0.2) is 43.4 Å². The van der Waals surface area contributed by atoms with E-state index in [1.807, 2.05) is 0 Å². The van der Waals surface area contributed by atoms with Crippen LogP contribution in [0.5, 0.6) is 11.5 Å². The molecule has 0 spiro atoms. The van der Waals surface area contributed by atoms with Crippen molar-refractivity contribution >= 4 is 23.6 Å². The highest BCUT2D eigenvalue weighted by Gasteiger charge is 2.16. The number of carbonyl (C=O) groups excluding carboxylic acids is 4. The fourth-order valence-electron chi connectivity index (χ4n) is 2.55. The Hall–Kier alpha value is -3.82. The zero-order valence-corrected chi connectivity index (χ0v) is 16.0. The van der Waals surface area contributed by atoms with Gasteiger partial charge in [0.1, 0.15) is 0 Å². The van der Waals surface area contributed by atoms with Crippen LogP contribution in [0, 0.1) is 0 Å². The van der Waals surface area contributed by atoms with Crippen LogP contribution < -0.4 is 20.3 Å². The molecule has 0 fully saturated rings. The van der Waals surface area contributed by atoms with E-state index in [1.54, 1.807) is 18.2 Å². The number of hydrogen-bond acceptors (Lipinski definition) is 8. The van der Waals surface area contributed by atoms with Gasteiger partial charge in [-0.15, -0.1) is 0 Å². The Balaban J connectivity index is 1.38. The Morgan fingerprint density at radius 3 is 2.53 bits per heavy atom. The highest BCUT2D eigenvalue weighted by Crippen LogP contribution is 2.30. The first-order valence-corrected chi connectivity index (χ1v) is 9.24. The smallest absolute Gasteiger partial charge is 0.306 e. The molecule has 0 bridgehead atoms. The minimum absolute atomic E-state index is 0.0144. The number of benzene rings is 1. The summed E-state index contributed by atoms with van der Waals surface area (Å²) in [4.78, 5) is 47.3. The molecule has 30 heavy (non-hydrogen) atoms. The number of ketones is 1. The summed E-state index contributed by atoms with van der Waals surface area (Å²) in [7, 11) is 0. The van der Waals surface area contributed by atoms with Gasteiger partial charge >= 0.3 is 11.9 Å². The number of rotatable bonds is 7. The van der Waals surface area contributed by atoms with Crippen LogP contribution in [0.1, 0.15) is 40.2 Å². The minimum atomic E-state index is -0.738. The molecule has 10 heteroatoms. The first-order valence-electron chi connectivity index (χ1n) is 9.24. The van der Waals surface area contributed by atoms with Gasteiger partial charge in [0, 0.05) is 18.4 Å². The molecule has 0 radical (unpaired) electrons. The van der Waals surface area contributed by atoms with E-state index in [0.717, 1.165) is 6.42 Å². The third kappa shape index (κ3) is 5.84. The van der Waals surface area contributed by atoms with Gasteiger partial charge in [0.15, 0.2) is 29.6 Å². The molecule has 0 atom stereocenters. The van der Waals surface area contributed by atoms with Gasteiger partial charge in [-0.1, -0.05) is 0 Å². The van der Waals surface area contributed by atoms with Gasteiger partial charge in [0.2, 0.25) is 0 Å². The molecule has 2 amide bonds. The predicted octanol–water partition coefficient (Wildman–Crippen LogP) is 1.41. The van der Waals surface area contributed by atoms with Gasteiger partial charge in [-0.3, -0.25) is 30.0 Å². The summed E-state index contributed by atoms with van der Waals surface area (Å²) in [5, 5.41) is 0. The van der Waals surface area contributed by atoms with Crippen LogP contribution in [0.25, 0.3) is 0 Å². The monoisotopic (exact) mass is 416 g/mol. The maximum absolute atomic E-state index is 12.3. The maximum atomic E-state index is 12.3. The maximum Gasteiger partial charge on any atom is 0.306 e. The Bertz CT molecular complexity index is 923. The second-order valence-corrected chi connectivity index (χ2v) is 6.28. The Labute approximate surface area is 171 Å². The molecule has 2 heterocycles. The van der Waals surface area contributed by atoms with Crippen LogP contribution in [0.3, 0.4) is 0 Å². The summed E-state index contributed by atoms with van der Waals surface area (Å²) < 4.78 is 20.7. The van der Waals surface area contributed by atoms with Crippen molar-refractivity contribution in [2.45, 2.75) is 19.3 Å². The Kier molecular flexibility index (Phi) is 7.04. The van der Waals surface area contributed by atoms with Gasteiger partial charge in [-0.05, 0) is 30.3 Å². The zero-order chi connectivity index (χ0) is 21.3. The predicted molar refractivity (Wildman–Crippen MR) is 101 cm³/mol. The molecule has 0 unspecified atom stereocenters. The summed E-state index contributed by atoms with van der Waals surface area (Å²) in [6.07, 6.45) is 1.78. The lowest BCUT2D eigenvalue weighted by Gasteiger charge is -2.09. The first-order chi connectivity index (χ1) is 14.5. The number of esters is 1. The number of hydrogen-bond donors (Lipinski definition) is 2. The third-order valence-corrected chi connectivity index (χ3v) is 4.05. The number of furan rings is 1. The molecule has 10 nitrogen and oxygen atoms in total. The number of ether oxygens (including phenoxy) is 3. The van der Waals surface area contributed by atoms with Gasteiger partial charge in [-0.2, -0.15) is 0 Å². The van der Waals surface area contributed by atoms with Crippen molar-refractivity contribution in [2.24, 2.45) is 0 Å². The van der Waals surface area contributed by atoms with E-state index in [2.05, 4.69) is 10.9 Å². The summed E-state index contributed by atoms with van der Waals surface area (Å²) in [5.41, 5.74) is 4.59. The number of carbonyl (C=O) groups is 4. The van der Waals surface area contributed by atoms with E-state index in [-0.39, 0.29) is 24.4 Å². The molecule has 1 aliphatic heterocycles. The van der Waals surface area contributed by atoms with E-state index in [1.165, 1.54) is 18.4 Å². The standard InChI is InChI=1S/C20H20N2O8/c23-14(13-4-6-15-17(11-13)29-10-2-9-27-15)5-7-19(25)30-12-18(24)21-22-20(26)16-3-1-8-28-16/h1,3-4,6,8,11H,2,5,7,9-10,12H2,(H,21,24)(H,22,26).